The average Bonchev–Trinajstić information content (AvgIpc) is 2.68. The zero-order chi connectivity index (χ0) is 17.9. The molecule has 0 aliphatic carbocycles. The van der Waals surface area contributed by atoms with Crippen LogP contribution in [0.3, 0.4) is 0 Å². The van der Waals surface area contributed by atoms with Crippen LogP contribution >= 0.6 is 24.2 Å². The highest BCUT2D eigenvalue weighted by molar-refractivity contribution is 8.00. The summed E-state index contributed by atoms with van der Waals surface area (Å²) < 4.78 is 0. The number of benzene rings is 2. The number of nitrogens with one attached hydrogen (secondary N) is 1. The number of fused-ring (bicyclic) bond motifs is 1. The van der Waals surface area contributed by atoms with Crippen molar-refractivity contribution >= 4 is 30.1 Å². The van der Waals surface area contributed by atoms with Crippen molar-refractivity contribution in [1.82, 2.24) is 10.2 Å². The van der Waals surface area contributed by atoms with Crippen LogP contribution in [-0.4, -0.2) is 35.2 Å². The second-order valence-corrected chi connectivity index (χ2v) is 8.74. The minimum Gasteiger partial charge on any atom is -0.341 e. The van der Waals surface area contributed by atoms with Crippen molar-refractivity contribution in [1.29, 1.82) is 0 Å². The quantitative estimate of drug-likeness (QED) is 0.834. The lowest BCUT2D eigenvalue weighted by Crippen LogP contribution is -2.51. The summed E-state index contributed by atoms with van der Waals surface area (Å²) in [5.41, 5.74) is 3.95. The molecule has 144 valence electrons. The lowest BCUT2D eigenvalue weighted by Gasteiger charge is -2.35. The minimum atomic E-state index is -0.0640. The van der Waals surface area contributed by atoms with E-state index in [4.69, 9.17) is 0 Å². The Kier molecular flexibility index (Phi) is 6.85. The SMILES string of the molecule is Cc1cccc(SC2CCN(C(=O)[C@H]3Cc4ccccc4CN3)CC2)c1.Cl. The number of halogens is 1. The van der Waals surface area contributed by atoms with E-state index < -0.39 is 0 Å². The Morgan fingerprint density at radius 1 is 1.07 bits per heavy atom. The van der Waals surface area contributed by atoms with E-state index in [-0.39, 0.29) is 24.4 Å². The predicted molar refractivity (Wildman–Crippen MR) is 115 cm³/mol. The molecular weight excluding hydrogens is 376 g/mol. The molecule has 1 N–H and O–H groups in total. The average molecular weight is 403 g/mol. The van der Waals surface area contributed by atoms with Crippen molar-refractivity contribution in [3.63, 3.8) is 0 Å². The van der Waals surface area contributed by atoms with Crippen molar-refractivity contribution in [2.45, 2.75) is 48.9 Å². The second-order valence-electron chi connectivity index (χ2n) is 7.37. The van der Waals surface area contributed by atoms with Crippen molar-refractivity contribution < 1.29 is 4.79 Å². The van der Waals surface area contributed by atoms with E-state index in [2.05, 4.69) is 65.7 Å². The van der Waals surface area contributed by atoms with Crippen molar-refractivity contribution in [3.05, 3.63) is 65.2 Å². The normalized spacial score (nSPS) is 19.9. The first-order valence-electron chi connectivity index (χ1n) is 9.51. The molecule has 4 rings (SSSR count). The molecule has 3 nitrogen and oxygen atoms in total. The molecule has 0 spiro atoms. The first kappa shape index (κ1) is 20.2. The predicted octanol–water partition coefficient (Wildman–Crippen LogP) is 4.21. The van der Waals surface area contributed by atoms with Crippen LogP contribution in [0.15, 0.2) is 53.4 Å². The van der Waals surface area contributed by atoms with Gasteiger partial charge in [0.1, 0.15) is 0 Å². The molecule has 2 aromatic carbocycles. The fraction of sp³-hybridized carbons (Fsp3) is 0.409. The second kappa shape index (κ2) is 9.13. The van der Waals surface area contributed by atoms with Crippen molar-refractivity contribution in [2.75, 3.05) is 13.1 Å². The van der Waals surface area contributed by atoms with Gasteiger partial charge in [0.2, 0.25) is 5.91 Å². The summed E-state index contributed by atoms with van der Waals surface area (Å²) in [7, 11) is 0. The molecule has 1 fully saturated rings. The van der Waals surface area contributed by atoms with E-state index in [1.165, 1.54) is 21.6 Å². The number of nitrogens with zero attached hydrogens (tertiary/aromatic N) is 1. The largest absolute Gasteiger partial charge is 0.341 e. The monoisotopic (exact) mass is 402 g/mol. The van der Waals surface area contributed by atoms with E-state index in [9.17, 15) is 4.79 Å². The van der Waals surface area contributed by atoms with Crippen LogP contribution in [0.1, 0.15) is 29.5 Å². The van der Waals surface area contributed by atoms with E-state index in [0.29, 0.717) is 5.25 Å². The number of thioether (sulfide) groups is 1. The van der Waals surface area contributed by atoms with Crippen LogP contribution in [0.2, 0.25) is 0 Å². The van der Waals surface area contributed by atoms with Crippen LogP contribution in [0.4, 0.5) is 0 Å². The number of hydrogen-bond acceptors (Lipinski definition) is 3. The molecule has 2 aliphatic heterocycles. The molecule has 2 aromatic rings. The number of carbonyl (C=O) groups is 1. The summed E-state index contributed by atoms with van der Waals surface area (Å²) in [4.78, 5) is 16.3. The molecule has 0 radical (unpaired) electrons. The smallest absolute Gasteiger partial charge is 0.240 e. The molecule has 0 bridgehead atoms. The van der Waals surface area contributed by atoms with Crippen LogP contribution in [-0.2, 0) is 17.8 Å². The van der Waals surface area contributed by atoms with Gasteiger partial charge in [-0.15, -0.1) is 24.2 Å². The Bertz CT molecular complexity index is 789. The highest BCUT2D eigenvalue weighted by Crippen LogP contribution is 2.31. The lowest BCUT2D eigenvalue weighted by atomic mass is 9.95. The van der Waals surface area contributed by atoms with Gasteiger partial charge in [-0.2, -0.15) is 0 Å². The Balaban J connectivity index is 0.00000210. The van der Waals surface area contributed by atoms with Gasteiger partial charge in [-0.1, -0.05) is 42.0 Å². The molecular formula is C22H27ClN2OS. The molecule has 27 heavy (non-hydrogen) atoms. The third-order valence-corrected chi connectivity index (χ3v) is 6.76. The fourth-order valence-electron chi connectivity index (χ4n) is 3.92. The van der Waals surface area contributed by atoms with Gasteiger partial charge in [-0.25, -0.2) is 0 Å². The van der Waals surface area contributed by atoms with Gasteiger partial charge < -0.3 is 10.2 Å². The summed E-state index contributed by atoms with van der Waals surface area (Å²) >= 11 is 1.97. The van der Waals surface area contributed by atoms with E-state index >= 15 is 0 Å². The molecule has 0 aromatic heterocycles. The topological polar surface area (TPSA) is 32.3 Å². The van der Waals surface area contributed by atoms with Crippen molar-refractivity contribution in [3.8, 4) is 0 Å². The number of aryl methyl sites for hydroxylation is 1. The first-order valence-corrected chi connectivity index (χ1v) is 10.4. The summed E-state index contributed by atoms with van der Waals surface area (Å²) in [6, 6.07) is 17.1. The van der Waals surface area contributed by atoms with E-state index in [1.807, 2.05) is 11.8 Å². The lowest BCUT2D eigenvalue weighted by molar-refractivity contribution is -0.134. The molecule has 2 heterocycles. The summed E-state index contributed by atoms with van der Waals surface area (Å²) in [5.74, 6) is 0.276. The third-order valence-electron chi connectivity index (χ3n) is 5.43. The van der Waals surface area contributed by atoms with Gasteiger partial charge >= 0.3 is 0 Å². The molecule has 0 unspecified atom stereocenters. The highest BCUT2D eigenvalue weighted by atomic mass is 35.5. The van der Waals surface area contributed by atoms with Crippen LogP contribution in [0.25, 0.3) is 0 Å². The maximum atomic E-state index is 12.9. The van der Waals surface area contributed by atoms with E-state index in [1.54, 1.807) is 0 Å². The maximum Gasteiger partial charge on any atom is 0.240 e. The van der Waals surface area contributed by atoms with Crippen LogP contribution < -0.4 is 5.32 Å². The van der Waals surface area contributed by atoms with Crippen molar-refractivity contribution in [2.24, 2.45) is 0 Å². The molecule has 1 amide bonds. The number of piperidine rings is 1. The summed E-state index contributed by atoms with van der Waals surface area (Å²) in [6.45, 7) is 4.69. The summed E-state index contributed by atoms with van der Waals surface area (Å²) in [6.07, 6.45) is 2.97. The Morgan fingerprint density at radius 2 is 1.81 bits per heavy atom. The molecule has 1 saturated heterocycles. The number of rotatable bonds is 3. The number of amides is 1. The van der Waals surface area contributed by atoms with Gasteiger partial charge in [0.25, 0.3) is 0 Å². The molecule has 5 heteroatoms. The first-order chi connectivity index (χ1) is 12.7. The number of hydrogen-bond donors (Lipinski definition) is 1. The van der Waals surface area contributed by atoms with Crippen LogP contribution in [0.5, 0.6) is 0 Å². The Morgan fingerprint density at radius 3 is 2.56 bits per heavy atom. The molecule has 0 saturated carbocycles. The van der Waals surface area contributed by atoms with Gasteiger partial charge in [0, 0.05) is 29.8 Å². The van der Waals surface area contributed by atoms with Gasteiger partial charge in [0.15, 0.2) is 0 Å². The standard InChI is InChI=1S/C22H26N2OS.ClH/c1-16-5-4-8-20(13-16)26-19-9-11-24(12-10-19)22(25)21-14-17-6-2-3-7-18(17)15-23-21;/h2-8,13,19,21,23H,9-12,14-15H2,1H3;1H/t21-;/m1./s1. The molecule has 1 atom stereocenters. The Hall–Kier alpha value is -1.49. The third kappa shape index (κ3) is 4.87. The van der Waals surface area contributed by atoms with Gasteiger partial charge in [0.05, 0.1) is 6.04 Å². The summed E-state index contributed by atoms with van der Waals surface area (Å²) in [5, 5.41) is 4.05. The highest BCUT2D eigenvalue weighted by Gasteiger charge is 2.30. The van der Waals surface area contributed by atoms with Gasteiger partial charge in [-0.3, -0.25) is 4.79 Å². The van der Waals surface area contributed by atoms with Crippen LogP contribution in [0, 0.1) is 6.92 Å². The van der Waals surface area contributed by atoms with E-state index in [0.717, 1.165) is 38.9 Å². The maximum absolute atomic E-state index is 12.9. The number of carbonyl (C=O) groups excluding carboxylic acids is 1. The Labute approximate surface area is 172 Å². The fourth-order valence-corrected chi connectivity index (χ4v) is 5.17. The zero-order valence-corrected chi connectivity index (χ0v) is 17.3. The molecule has 2 aliphatic rings. The number of likely N-dealkylation sites (tertiary alicyclic amines) is 1. The van der Waals surface area contributed by atoms with Gasteiger partial charge in [-0.05, 0) is 49.4 Å². The minimum absolute atomic E-state index is 0. The zero-order valence-electron chi connectivity index (χ0n) is 15.7.